The molecule has 1 aliphatic rings. The van der Waals surface area contributed by atoms with Gasteiger partial charge in [-0.1, -0.05) is 12.2 Å². The van der Waals surface area contributed by atoms with Gasteiger partial charge in [-0.3, -0.25) is 0 Å². The van der Waals surface area contributed by atoms with E-state index in [1.165, 1.54) is 19.3 Å². The molecule has 0 aromatic heterocycles. The molecule has 0 spiro atoms. The second-order valence-electron chi connectivity index (χ2n) is 1.40. The molecule has 0 atom stereocenters. The summed E-state index contributed by atoms with van der Waals surface area (Å²) in [7, 11) is 0. The Morgan fingerprint density at radius 2 is 1.67 bits per heavy atom. The van der Waals surface area contributed by atoms with E-state index in [0.29, 0.717) is 0 Å². The average molecular weight is 92.1 g/mol. The van der Waals surface area contributed by atoms with E-state index in [1.807, 2.05) is 0 Å². The zero-order valence-corrected chi connectivity index (χ0v) is 6.28. The molecule has 0 bridgehead atoms. The third-order valence-corrected chi connectivity index (χ3v) is 0.908. The van der Waals surface area contributed by atoms with E-state index in [2.05, 4.69) is 12.2 Å². The molecular weight excluding hydrogens is 83.0 g/mol. The molecule has 1 aliphatic carbocycles. The first-order valence-electron chi connectivity index (χ1n) is 2.15. The first kappa shape index (κ1) is 6.74. The predicted molar refractivity (Wildman–Crippen MR) is 24.1 cm³/mol. The molecule has 0 radical (unpaired) electrons. The monoisotopic (exact) mass is 92.1 g/mol. The molecule has 0 nitrogen and oxygen atoms in total. The van der Waals surface area contributed by atoms with Crippen molar-refractivity contribution in [3.63, 3.8) is 0 Å². The molecule has 0 saturated carbocycles. The molecule has 0 aromatic carbocycles. The first-order valence-corrected chi connectivity index (χ1v) is 2.15. The van der Waals surface area contributed by atoms with Crippen LogP contribution in [-0.2, 0) is 0 Å². The van der Waals surface area contributed by atoms with Gasteiger partial charge in [0, 0.05) is 0 Å². The summed E-state index contributed by atoms with van der Waals surface area (Å²) in [6, 6.07) is 0. The Morgan fingerprint density at radius 1 is 1.17 bits per heavy atom. The summed E-state index contributed by atoms with van der Waals surface area (Å²) in [5, 5.41) is 0. The Labute approximate surface area is 62.4 Å². The smallest absolute Gasteiger partial charge is 1.00 e. The molecule has 30 valence electrons. The zero-order chi connectivity index (χ0) is 3.54. The molecule has 0 aromatic rings. The Hall–Kier alpha value is 0.740. The Bertz CT molecular complexity index is 46.0. The summed E-state index contributed by atoms with van der Waals surface area (Å²) in [6.07, 6.45) is 8.50. The fourth-order valence-electron chi connectivity index (χ4n) is 0.589. The van der Waals surface area contributed by atoms with E-state index in [1.54, 1.807) is 0 Å². The van der Waals surface area contributed by atoms with Crippen LogP contribution in [0.25, 0.3) is 0 Å². The van der Waals surface area contributed by atoms with Crippen molar-refractivity contribution in [2.24, 2.45) is 0 Å². The summed E-state index contributed by atoms with van der Waals surface area (Å²) < 4.78 is 0. The number of hydrogen-bond donors (Lipinski definition) is 0. The van der Waals surface area contributed by atoms with Gasteiger partial charge in [-0.25, -0.2) is 0 Å². The Morgan fingerprint density at radius 3 is 1.83 bits per heavy atom. The fraction of sp³-hybridized carbons (Fsp3) is 0.600. The van der Waals surface area contributed by atoms with Gasteiger partial charge >= 0.3 is 29.6 Å². The van der Waals surface area contributed by atoms with Gasteiger partial charge in [-0.15, -0.1) is 0 Å². The summed E-state index contributed by atoms with van der Waals surface area (Å²) in [5.41, 5.74) is 0. The third kappa shape index (κ3) is 2.01. The minimum atomic E-state index is 0. The first-order chi connectivity index (χ1) is 2.50. The van der Waals surface area contributed by atoms with Crippen LogP contribution in [-0.4, -0.2) is 0 Å². The summed E-state index contributed by atoms with van der Waals surface area (Å²) in [6.45, 7) is 0. The van der Waals surface area contributed by atoms with Gasteiger partial charge in [0.1, 0.15) is 0 Å². The van der Waals surface area contributed by atoms with Crippen LogP contribution in [0.2, 0.25) is 0 Å². The van der Waals surface area contributed by atoms with Crippen molar-refractivity contribution >= 4 is 0 Å². The SMILES string of the molecule is C1=CCCC1.[H-].[Na+]. The van der Waals surface area contributed by atoms with Gasteiger partial charge in [-0.05, 0) is 19.3 Å². The average Bonchev–Trinajstić information content (AvgIpc) is 1.76. The van der Waals surface area contributed by atoms with Crippen molar-refractivity contribution in [2.45, 2.75) is 19.3 Å². The molecular formula is C5H9Na. The molecule has 0 fully saturated rings. The molecule has 0 unspecified atom stereocenters. The topological polar surface area (TPSA) is 0 Å². The summed E-state index contributed by atoms with van der Waals surface area (Å²) >= 11 is 0. The second kappa shape index (κ2) is 3.91. The number of rotatable bonds is 0. The van der Waals surface area contributed by atoms with E-state index in [0.717, 1.165) is 0 Å². The van der Waals surface area contributed by atoms with Crippen LogP contribution in [0.4, 0.5) is 0 Å². The molecule has 1 rings (SSSR count). The van der Waals surface area contributed by atoms with E-state index in [4.69, 9.17) is 0 Å². The van der Waals surface area contributed by atoms with Gasteiger partial charge in [0.05, 0.1) is 0 Å². The molecule has 0 amide bonds. The van der Waals surface area contributed by atoms with Crippen LogP contribution in [0, 0.1) is 0 Å². The minimum Gasteiger partial charge on any atom is -1.00 e. The second-order valence-corrected chi connectivity index (χ2v) is 1.40. The quantitative estimate of drug-likeness (QED) is 0.261. The van der Waals surface area contributed by atoms with Crippen LogP contribution in [0.5, 0.6) is 0 Å². The standard InChI is InChI=1S/C5H8.Na.H/c1-2-4-5-3-1;;/h1-2H,3-5H2;;/q;+1;-1. The van der Waals surface area contributed by atoms with Crippen molar-refractivity contribution in [2.75, 3.05) is 0 Å². The fourth-order valence-corrected chi connectivity index (χ4v) is 0.589. The maximum absolute atomic E-state index is 2.24. The Balaban J connectivity index is 0. The van der Waals surface area contributed by atoms with Crippen molar-refractivity contribution in [1.29, 1.82) is 0 Å². The minimum absolute atomic E-state index is 0. The molecule has 1 heteroatoms. The van der Waals surface area contributed by atoms with E-state index in [-0.39, 0.29) is 31.0 Å². The maximum atomic E-state index is 2.24. The van der Waals surface area contributed by atoms with Crippen molar-refractivity contribution in [1.82, 2.24) is 0 Å². The molecule has 0 heterocycles. The van der Waals surface area contributed by atoms with Crippen LogP contribution < -0.4 is 29.6 Å². The molecule has 0 N–H and O–H groups in total. The Kier molecular flexibility index (Phi) is 4.40. The predicted octanol–water partition coefficient (Wildman–Crippen LogP) is -1.16. The van der Waals surface area contributed by atoms with Crippen LogP contribution in [0.15, 0.2) is 12.2 Å². The van der Waals surface area contributed by atoms with Gasteiger partial charge in [0.15, 0.2) is 0 Å². The zero-order valence-electron chi connectivity index (χ0n) is 5.28. The number of hydrogen-bond acceptors (Lipinski definition) is 0. The van der Waals surface area contributed by atoms with Gasteiger partial charge < -0.3 is 1.43 Å². The van der Waals surface area contributed by atoms with E-state index in [9.17, 15) is 0 Å². The largest absolute Gasteiger partial charge is 1.00 e. The summed E-state index contributed by atoms with van der Waals surface area (Å²) in [4.78, 5) is 0. The van der Waals surface area contributed by atoms with Crippen LogP contribution in [0.1, 0.15) is 20.7 Å². The van der Waals surface area contributed by atoms with Gasteiger partial charge in [-0.2, -0.15) is 0 Å². The molecule has 0 saturated heterocycles. The molecule has 6 heavy (non-hydrogen) atoms. The third-order valence-electron chi connectivity index (χ3n) is 0.908. The van der Waals surface area contributed by atoms with Crippen LogP contribution in [0.3, 0.4) is 0 Å². The van der Waals surface area contributed by atoms with E-state index >= 15 is 0 Å². The molecule has 0 aliphatic heterocycles. The maximum Gasteiger partial charge on any atom is 1.00 e. The summed E-state index contributed by atoms with van der Waals surface area (Å²) in [5.74, 6) is 0. The van der Waals surface area contributed by atoms with Gasteiger partial charge in [0.2, 0.25) is 0 Å². The van der Waals surface area contributed by atoms with Crippen molar-refractivity contribution in [3.8, 4) is 0 Å². The van der Waals surface area contributed by atoms with E-state index < -0.39 is 0 Å². The normalized spacial score (nSPS) is 17.3. The van der Waals surface area contributed by atoms with Crippen molar-refractivity contribution in [3.05, 3.63) is 12.2 Å². The van der Waals surface area contributed by atoms with Crippen LogP contribution >= 0.6 is 0 Å². The van der Waals surface area contributed by atoms with Gasteiger partial charge in [0.25, 0.3) is 0 Å². The number of allylic oxidation sites excluding steroid dienone is 2. The van der Waals surface area contributed by atoms with Crippen molar-refractivity contribution < 1.29 is 31.0 Å².